The van der Waals surface area contributed by atoms with E-state index in [2.05, 4.69) is 12.1 Å². The highest BCUT2D eigenvalue weighted by molar-refractivity contribution is 5.81. The maximum Gasteiger partial charge on any atom is 0.306 e. The van der Waals surface area contributed by atoms with Gasteiger partial charge in [0.15, 0.2) is 0 Å². The van der Waals surface area contributed by atoms with E-state index in [4.69, 9.17) is 33.5 Å². The first-order valence-corrected chi connectivity index (χ1v) is 16.4. The number of hydrogen-bond donors (Lipinski definition) is 2. The number of Topliss-reactive ketones (excluding diaryl/α,β-unsaturated/α-hetero) is 1. The molecule has 2 heterocycles. The van der Waals surface area contributed by atoms with E-state index >= 15 is 0 Å². The quantitative estimate of drug-likeness (QED) is 0.191. The van der Waals surface area contributed by atoms with E-state index in [1.807, 2.05) is 80.6 Å². The summed E-state index contributed by atoms with van der Waals surface area (Å²) in [6.07, 6.45) is -0.265. The number of benzene rings is 3. The predicted octanol–water partition coefficient (Wildman–Crippen LogP) is 4.99. The van der Waals surface area contributed by atoms with Crippen LogP contribution in [0.4, 0.5) is 0 Å². The van der Waals surface area contributed by atoms with E-state index in [0.29, 0.717) is 12.8 Å². The molecule has 48 heavy (non-hydrogen) atoms. The molecule has 2 aliphatic heterocycles. The van der Waals surface area contributed by atoms with Crippen LogP contribution in [0.5, 0.6) is 11.5 Å². The maximum atomic E-state index is 11.4. The maximum absolute atomic E-state index is 11.4. The molecule has 2 fully saturated rings. The van der Waals surface area contributed by atoms with Crippen molar-refractivity contribution in [2.24, 2.45) is 0 Å². The molecular formula is C38H48O10. The SMILES string of the molecule is CC(=O)CCC(=O)OC1CC(C)OC1CO.COc1ccc(C(OCC2OC(C)CC2O)(c2ccccc2)c2ccc(OC)cc2)cc1. The first-order chi connectivity index (χ1) is 23.1. The molecule has 2 saturated heterocycles. The van der Waals surface area contributed by atoms with Gasteiger partial charge in [-0.25, -0.2) is 0 Å². The van der Waals surface area contributed by atoms with Gasteiger partial charge in [0.25, 0.3) is 0 Å². The summed E-state index contributed by atoms with van der Waals surface area (Å²) in [5.74, 6) is 1.10. The minimum absolute atomic E-state index is 0.00620. The lowest BCUT2D eigenvalue weighted by molar-refractivity contribution is -0.153. The third-order valence-corrected chi connectivity index (χ3v) is 8.58. The fourth-order valence-corrected chi connectivity index (χ4v) is 6.08. The summed E-state index contributed by atoms with van der Waals surface area (Å²) in [6.45, 7) is 5.37. The summed E-state index contributed by atoms with van der Waals surface area (Å²) in [7, 11) is 3.30. The van der Waals surface area contributed by atoms with E-state index in [9.17, 15) is 14.7 Å². The lowest BCUT2D eigenvalue weighted by atomic mass is 9.80. The minimum Gasteiger partial charge on any atom is -0.497 e. The zero-order valence-corrected chi connectivity index (χ0v) is 28.4. The molecule has 10 nitrogen and oxygen atoms in total. The first kappa shape index (κ1) is 37.0. The van der Waals surface area contributed by atoms with Crippen LogP contribution in [0.3, 0.4) is 0 Å². The third kappa shape index (κ3) is 9.42. The smallest absolute Gasteiger partial charge is 0.306 e. The van der Waals surface area contributed by atoms with Crippen LogP contribution in [0.25, 0.3) is 0 Å². The second-order valence-corrected chi connectivity index (χ2v) is 12.2. The number of ketones is 1. The third-order valence-electron chi connectivity index (χ3n) is 8.58. The number of aliphatic hydroxyl groups excluding tert-OH is 2. The van der Waals surface area contributed by atoms with Crippen LogP contribution >= 0.6 is 0 Å². The summed E-state index contributed by atoms with van der Waals surface area (Å²) in [5.41, 5.74) is 1.98. The fourth-order valence-electron chi connectivity index (χ4n) is 6.08. The van der Waals surface area contributed by atoms with Gasteiger partial charge in [0.1, 0.15) is 41.2 Å². The van der Waals surface area contributed by atoms with Crippen LogP contribution in [-0.4, -0.2) is 86.0 Å². The summed E-state index contributed by atoms with van der Waals surface area (Å²) in [4.78, 5) is 22.0. The molecule has 0 amide bonds. The average molecular weight is 665 g/mol. The Kier molecular flexibility index (Phi) is 13.5. The van der Waals surface area contributed by atoms with Crippen LogP contribution in [0, 0.1) is 0 Å². The molecule has 2 aliphatic rings. The molecule has 0 spiro atoms. The Morgan fingerprint density at radius 1 is 0.771 bits per heavy atom. The standard InChI is InChI=1S/C27H30O5.C11H18O5/c1-19-17-25(28)26(32-19)18-31-27(20-7-5-4-6-8-20,21-9-13-23(29-2)14-10-21)22-11-15-24(30-3)16-12-22;1-7(13)3-4-11(14)16-9-5-8(2)15-10(9)6-12/h4-16,19,25-26,28H,17-18H2,1-3H3;8-10,12H,3-6H2,1-2H3. The number of esters is 1. The number of hydrogen-bond acceptors (Lipinski definition) is 10. The van der Waals surface area contributed by atoms with Crippen molar-refractivity contribution in [1.29, 1.82) is 0 Å². The van der Waals surface area contributed by atoms with Crippen LogP contribution < -0.4 is 9.47 Å². The van der Waals surface area contributed by atoms with Crippen molar-refractivity contribution in [3.8, 4) is 11.5 Å². The molecule has 0 aromatic heterocycles. The molecule has 0 radical (unpaired) electrons. The van der Waals surface area contributed by atoms with Gasteiger partial charge in [-0.2, -0.15) is 0 Å². The molecule has 0 aliphatic carbocycles. The molecule has 2 N–H and O–H groups in total. The number of carbonyl (C=O) groups excluding carboxylic acids is 2. The van der Waals surface area contributed by atoms with Crippen LogP contribution in [0.1, 0.15) is 63.1 Å². The van der Waals surface area contributed by atoms with Crippen molar-refractivity contribution in [2.45, 2.75) is 88.7 Å². The van der Waals surface area contributed by atoms with E-state index in [-0.39, 0.29) is 56.3 Å². The molecule has 0 bridgehead atoms. The lowest BCUT2D eigenvalue weighted by Gasteiger charge is -2.37. The molecule has 260 valence electrons. The Balaban J connectivity index is 0.000000274. The normalized spacial score (nSPS) is 23.6. The zero-order valence-electron chi connectivity index (χ0n) is 28.4. The monoisotopic (exact) mass is 664 g/mol. The van der Waals surface area contributed by atoms with E-state index < -0.39 is 23.8 Å². The Morgan fingerprint density at radius 3 is 1.77 bits per heavy atom. The van der Waals surface area contributed by atoms with Gasteiger partial charge in [-0.15, -0.1) is 0 Å². The molecule has 6 unspecified atom stereocenters. The van der Waals surface area contributed by atoms with Gasteiger partial charge in [-0.05, 0) is 61.7 Å². The zero-order chi connectivity index (χ0) is 34.7. The number of carbonyl (C=O) groups is 2. The molecule has 3 aromatic carbocycles. The van der Waals surface area contributed by atoms with E-state index in [1.54, 1.807) is 14.2 Å². The van der Waals surface area contributed by atoms with Gasteiger partial charge >= 0.3 is 5.97 Å². The van der Waals surface area contributed by atoms with Crippen LogP contribution in [0.15, 0.2) is 78.9 Å². The molecule has 0 saturated carbocycles. The molecule has 5 rings (SSSR count). The van der Waals surface area contributed by atoms with Crippen molar-refractivity contribution in [1.82, 2.24) is 0 Å². The highest BCUT2D eigenvalue weighted by atomic mass is 16.6. The number of ether oxygens (including phenoxy) is 6. The fraction of sp³-hybridized carbons (Fsp3) is 0.474. The Hall–Kier alpha value is -3.80. The van der Waals surface area contributed by atoms with E-state index in [1.165, 1.54) is 6.92 Å². The highest BCUT2D eigenvalue weighted by Crippen LogP contribution is 2.42. The van der Waals surface area contributed by atoms with Crippen molar-refractivity contribution in [3.63, 3.8) is 0 Å². The topological polar surface area (TPSA) is 130 Å². The second-order valence-electron chi connectivity index (χ2n) is 12.2. The Morgan fingerprint density at radius 2 is 1.29 bits per heavy atom. The predicted molar refractivity (Wildman–Crippen MR) is 179 cm³/mol. The summed E-state index contributed by atoms with van der Waals surface area (Å²) < 4.78 is 34.0. The van der Waals surface area contributed by atoms with Crippen LogP contribution in [-0.2, 0) is 34.1 Å². The second kappa shape index (κ2) is 17.6. The van der Waals surface area contributed by atoms with Gasteiger partial charge in [0.05, 0.1) is 52.2 Å². The van der Waals surface area contributed by atoms with Gasteiger partial charge < -0.3 is 43.4 Å². The largest absolute Gasteiger partial charge is 0.497 e. The average Bonchev–Trinajstić information content (AvgIpc) is 3.63. The first-order valence-electron chi connectivity index (χ1n) is 16.4. The lowest BCUT2D eigenvalue weighted by Crippen LogP contribution is -2.38. The molecule has 10 heteroatoms. The summed E-state index contributed by atoms with van der Waals surface area (Å²) >= 11 is 0. The summed E-state index contributed by atoms with van der Waals surface area (Å²) in [6, 6.07) is 25.9. The molecule has 3 aromatic rings. The van der Waals surface area contributed by atoms with Gasteiger partial charge in [0.2, 0.25) is 0 Å². The van der Waals surface area contributed by atoms with E-state index in [0.717, 1.165) is 28.2 Å². The number of methoxy groups -OCH3 is 2. The van der Waals surface area contributed by atoms with Gasteiger partial charge in [-0.3, -0.25) is 4.79 Å². The summed E-state index contributed by atoms with van der Waals surface area (Å²) in [5, 5.41) is 19.5. The van der Waals surface area contributed by atoms with Crippen molar-refractivity contribution in [2.75, 3.05) is 27.4 Å². The Labute approximate surface area is 282 Å². The van der Waals surface area contributed by atoms with Crippen molar-refractivity contribution in [3.05, 3.63) is 95.6 Å². The number of aliphatic hydroxyl groups is 2. The molecule has 6 atom stereocenters. The molecular weight excluding hydrogens is 616 g/mol. The highest BCUT2D eigenvalue weighted by Gasteiger charge is 2.41. The van der Waals surface area contributed by atoms with Crippen LogP contribution in [0.2, 0.25) is 0 Å². The van der Waals surface area contributed by atoms with Gasteiger partial charge in [0, 0.05) is 19.3 Å². The Bertz CT molecular complexity index is 1380. The number of rotatable bonds is 13. The minimum atomic E-state index is -0.908. The van der Waals surface area contributed by atoms with Gasteiger partial charge in [-0.1, -0.05) is 54.6 Å². The van der Waals surface area contributed by atoms with Crippen molar-refractivity contribution < 1.29 is 48.2 Å². The van der Waals surface area contributed by atoms with Crippen molar-refractivity contribution >= 4 is 11.8 Å².